The Morgan fingerprint density at radius 3 is 2.88 bits per heavy atom. The Balaban J connectivity index is 1.87. The number of rotatable bonds is 5. The molecule has 0 bridgehead atoms. The van der Waals surface area contributed by atoms with Crippen LogP contribution in [0, 0.1) is 0 Å². The van der Waals surface area contributed by atoms with Crippen LogP contribution in [0.15, 0.2) is 0 Å². The molecule has 2 saturated heterocycles. The second kappa shape index (κ2) is 4.69. The van der Waals surface area contributed by atoms with Gasteiger partial charge in [0.1, 0.15) is 0 Å². The largest absolute Gasteiger partial charge is 0.481 e. The molecule has 0 amide bonds. The molecule has 5 nitrogen and oxygen atoms in total. The summed E-state index contributed by atoms with van der Waals surface area (Å²) >= 11 is 0. The number of carbonyl (C=O) groups is 1. The van der Waals surface area contributed by atoms with Crippen molar-refractivity contribution in [3.63, 3.8) is 0 Å². The zero-order valence-electron chi connectivity index (χ0n) is 9.66. The van der Waals surface area contributed by atoms with Crippen LogP contribution in [0.5, 0.6) is 0 Å². The Bertz CT molecular complexity index is 260. The van der Waals surface area contributed by atoms with Crippen molar-refractivity contribution in [2.75, 3.05) is 19.7 Å². The molecule has 5 heteroatoms. The molecule has 2 unspecified atom stereocenters. The maximum absolute atomic E-state index is 10.8. The molecule has 0 aliphatic carbocycles. The lowest BCUT2D eigenvalue weighted by Crippen LogP contribution is -2.71. The topological polar surface area (TPSA) is 70.6 Å². The fourth-order valence-corrected chi connectivity index (χ4v) is 2.57. The molecule has 3 N–H and O–H groups in total. The maximum Gasteiger partial charge on any atom is 0.305 e. The summed E-state index contributed by atoms with van der Waals surface area (Å²) in [4.78, 5) is 10.8. The summed E-state index contributed by atoms with van der Waals surface area (Å²) in [6.45, 7) is 4.38. The molecule has 2 heterocycles. The molecule has 2 aliphatic heterocycles. The van der Waals surface area contributed by atoms with Gasteiger partial charge in [-0.3, -0.25) is 4.79 Å². The number of hydrogen-bond acceptors (Lipinski definition) is 4. The zero-order valence-corrected chi connectivity index (χ0v) is 9.66. The maximum atomic E-state index is 10.8. The Hall–Kier alpha value is -0.650. The van der Waals surface area contributed by atoms with Crippen molar-refractivity contribution in [1.82, 2.24) is 10.6 Å². The first kappa shape index (κ1) is 11.8. The lowest BCUT2D eigenvalue weighted by atomic mass is 9.87. The van der Waals surface area contributed by atoms with E-state index in [1.807, 2.05) is 0 Å². The molecule has 2 fully saturated rings. The summed E-state index contributed by atoms with van der Waals surface area (Å²) in [5, 5.41) is 15.5. The molecular formula is C11H20N2O3. The average molecular weight is 228 g/mol. The van der Waals surface area contributed by atoms with Gasteiger partial charge < -0.3 is 20.5 Å². The number of nitrogens with one attached hydrogen (secondary N) is 2. The first-order valence-electron chi connectivity index (χ1n) is 5.93. The van der Waals surface area contributed by atoms with Gasteiger partial charge in [0.15, 0.2) is 0 Å². The second-order valence-electron chi connectivity index (χ2n) is 4.94. The first-order chi connectivity index (χ1) is 7.61. The molecule has 92 valence electrons. The van der Waals surface area contributed by atoms with Crippen LogP contribution in [0.2, 0.25) is 0 Å². The summed E-state index contributed by atoms with van der Waals surface area (Å²) in [6.07, 6.45) is 2.61. The van der Waals surface area contributed by atoms with Crippen LogP contribution in [0.3, 0.4) is 0 Å². The fourth-order valence-electron chi connectivity index (χ4n) is 2.57. The van der Waals surface area contributed by atoms with Crippen molar-refractivity contribution < 1.29 is 14.6 Å². The van der Waals surface area contributed by atoms with Crippen molar-refractivity contribution in [3.8, 4) is 0 Å². The standard InChI is InChI=1S/C11H20N2O3/c1-8(9-3-2-4-16-9)13-11(5-10(14)15)6-12-7-11/h8-9,12-13H,2-7H2,1H3,(H,14,15). The molecule has 0 radical (unpaired) electrons. The molecule has 0 aromatic rings. The summed E-state index contributed by atoms with van der Waals surface area (Å²) < 4.78 is 5.60. The fraction of sp³-hybridized carbons (Fsp3) is 0.909. The van der Waals surface area contributed by atoms with Gasteiger partial charge in [0.25, 0.3) is 0 Å². The van der Waals surface area contributed by atoms with Crippen molar-refractivity contribution >= 4 is 5.97 Å². The molecule has 0 saturated carbocycles. The van der Waals surface area contributed by atoms with E-state index in [-0.39, 0.29) is 24.1 Å². The zero-order chi connectivity index (χ0) is 11.6. The molecule has 0 aromatic carbocycles. The van der Waals surface area contributed by atoms with Crippen LogP contribution < -0.4 is 10.6 Å². The smallest absolute Gasteiger partial charge is 0.305 e. The summed E-state index contributed by atoms with van der Waals surface area (Å²) in [6, 6.07) is 0.226. The van der Waals surface area contributed by atoms with Crippen LogP contribution in [0.4, 0.5) is 0 Å². The third-order valence-electron chi connectivity index (χ3n) is 3.47. The van der Waals surface area contributed by atoms with Gasteiger partial charge in [-0.05, 0) is 19.8 Å². The quantitative estimate of drug-likeness (QED) is 0.616. The van der Waals surface area contributed by atoms with E-state index in [0.29, 0.717) is 0 Å². The van der Waals surface area contributed by atoms with Crippen LogP contribution in [-0.4, -0.2) is 48.5 Å². The molecule has 2 atom stereocenters. The van der Waals surface area contributed by atoms with Gasteiger partial charge in [-0.25, -0.2) is 0 Å². The monoisotopic (exact) mass is 228 g/mol. The third-order valence-corrected chi connectivity index (χ3v) is 3.47. The SMILES string of the molecule is CC(NC1(CC(=O)O)CNC1)C1CCCO1. The van der Waals surface area contributed by atoms with Gasteiger partial charge in [-0.1, -0.05) is 0 Å². The van der Waals surface area contributed by atoms with Crippen LogP contribution in [-0.2, 0) is 9.53 Å². The van der Waals surface area contributed by atoms with Gasteiger partial charge in [0, 0.05) is 25.7 Å². The highest BCUT2D eigenvalue weighted by Gasteiger charge is 2.41. The van der Waals surface area contributed by atoms with Gasteiger partial charge in [-0.15, -0.1) is 0 Å². The van der Waals surface area contributed by atoms with E-state index >= 15 is 0 Å². The Morgan fingerprint density at radius 2 is 2.44 bits per heavy atom. The highest BCUT2D eigenvalue weighted by atomic mass is 16.5. The van der Waals surface area contributed by atoms with E-state index in [2.05, 4.69) is 17.6 Å². The third kappa shape index (κ3) is 2.53. The van der Waals surface area contributed by atoms with Gasteiger partial charge in [0.2, 0.25) is 0 Å². The van der Waals surface area contributed by atoms with Crippen molar-refractivity contribution in [2.24, 2.45) is 0 Å². The Morgan fingerprint density at radius 1 is 1.69 bits per heavy atom. The highest BCUT2D eigenvalue weighted by Crippen LogP contribution is 2.21. The lowest BCUT2D eigenvalue weighted by Gasteiger charge is -2.45. The molecule has 2 aliphatic rings. The summed E-state index contributed by atoms with van der Waals surface area (Å²) in [5.74, 6) is -0.742. The first-order valence-corrected chi connectivity index (χ1v) is 5.93. The van der Waals surface area contributed by atoms with Crippen molar-refractivity contribution in [3.05, 3.63) is 0 Å². The minimum atomic E-state index is -0.742. The number of aliphatic carboxylic acids is 1. The Labute approximate surface area is 95.5 Å². The lowest BCUT2D eigenvalue weighted by molar-refractivity contribution is -0.139. The van der Waals surface area contributed by atoms with Crippen LogP contribution in [0.25, 0.3) is 0 Å². The van der Waals surface area contributed by atoms with E-state index in [1.54, 1.807) is 0 Å². The second-order valence-corrected chi connectivity index (χ2v) is 4.94. The minimum Gasteiger partial charge on any atom is -0.481 e. The summed E-state index contributed by atoms with van der Waals surface area (Å²) in [5.41, 5.74) is -0.267. The summed E-state index contributed by atoms with van der Waals surface area (Å²) in [7, 11) is 0. The minimum absolute atomic E-state index is 0.178. The number of carboxylic acids is 1. The normalized spacial score (nSPS) is 29.7. The predicted molar refractivity (Wildman–Crippen MR) is 59.4 cm³/mol. The van der Waals surface area contributed by atoms with Crippen molar-refractivity contribution in [2.45, 2.75) is 43.9 Å². The highest BCUT2D eigenvalue weighted by molar-refractivity contribution is 5.68. The molecule has 16 heavy (non-hydrogen) atoms. The van der Waals surface area contributed by atoms with E-state index in [1.165, 1.54) is 0 Å². The van der Waals surface area contributed by atoms with E-state index in [4.69, 9.17) is 9.84 Å². The van der Waals surface area contributed by atoms with Crippen molar-refractivity contribution in [1.29, 1.82) is 0 Å². The average Bonchev–Trinajstić information content (AvgIpc) is 2.66. The van der Waals surface area contributed by atoms with Crippen LogP contribution >= 0.6 is 0 Å². The van der Waals surface area contributed by atoms with Crippen LogP contribution in [0.1, 0.15) is 26.2 Å². The molecular weight excluding hydrogens is 208 g/mol. The number of carboxylic acid groups (broad SMARTS) is 1. The predicted octanol–water partition coefficient (Wildman–Crippen LogP) is -0.0398. The van der Waals surface area contributed by atoms with Gasteiger partial charge in [0.05, 0.1) is 18.1 Å². The van der Waals surface area contributed by atoms with E-state index in [9.17, 15) is 4.79 Å². The number of ether oxygens (including phenoxy) is 1. The number of hydrogen-bond donors (Lipinski definition) is 3. The molecule has 0 spiro atoms. The van der Waals surface area contributed by atoms with Gasteiger partial charge >= 0.3 is 5.97 Å². The molecule has 0 aromatic heterocycles. The van der Waals surface area contributed by atoms with E-state index in [0.717, 1.165) is 32.5 Å². The van der Waals surface area contributed by atoms with Gasteiger partial charge in [-0.2, -0.15) is 0 Å². The molecule has 2 rings (SSSR count). The Kier molecular flexibility index (Phi) is 3.47. The van der Waals surface area contributed by atoms with E-state index < -0.39 is 5.97 Å².